The van der Waals surface area contributed by atoms with Gasteiger partial charge in [0.15, 0.2) is 0 Å². The molecule has 1 aliphatic heterocycles. The van der Waals surface area contributed by atoms with Crippen LogP contribution in [0.5, 0.6) is 5.75 Å². The van der Waals surface area contributed by atoms with Gasteiger partial charge in [-0.3, -0.25) is 0 Å². The summed E-state index contributed by atoms with van der Waals surface area (Å²) in [6.07, 6.45) is 2.33. The highest BCUT2D eigenvalue weighted by atomic mass is 16.5. The lowest BCUT2D eigenvalue weighted by Gasteiger charge is -2.32. The normalized spacial score (nSPS) is 17.1. The number of rotatable bonds is 6. The third-order valence-electron chi connectivity index (χ3n) is 4.30. The highest BCUT2D eigenvalue weighted by Gasteiger charge is 2.14. The molecule has 0 radical (unpaired) electrons. The Balaban J connectivity index is 1.90. The lowest BCUT2D eigenvalue weighted by atomic mass is 10.0. The van der Waals surface area contributed by atoms with Crippen LogP contribution < -0.4 is 4.74 Å². The summed E-state index contributed by atoms with van der Waals surface area (Å²) < 4.78 is 5.86. The Labute approximate surface area is 129 Å². The fraction of sp³-hybridized carbons (Fsp3) is 0.667. The van der Waals surface area contributed by atoms with Crippen molar-refractivity contribution in [2.45, 2.75) is 33.6 Å². The van der Waals surface area contributed by atoms with E-state index >= 15 is 0 Å². The van der Waals surface area contributed by atoms with Crippen molar-refractivity contribution in [3.63, 3.8) is 0 Å². The van der Waals surface area contributed by atoms with Crippen molar-refractivity contribution in [3.8, 4) is 5.75 Å². The summed E-state index contributed by atoms with van der Waals surface area (Å²) >= 11 is 0. The van der Waals surface area contributed by atoms with Crippen LogP contribution in [0.25, 0.3) is 0 Å². The first kappa shape index (κ1) is 16.3. The van der Waals surface area contributed by atoms with Gasteiger partial charge in [-0.25, -0.2) is 0 Å². The number of benzene rings is 1. The van der Waals surface area contributed by atoms with E-state index < -0.39 is 0 Å². The SMILES string of the molecule is CCOc1c(C)cc(C)cc1CCCN1CCN(C)CC1. The van der Waals surface area contributed by atoms with Gasteiger partial charge in [-0.1, -0.05) is 17.7 Å². The Hall–Kier alpha value is -1.06. The Kier molecular flexibility index (Phi) is 6.07. The average molecular weight is 290 g/mol. The Morgan fingerprint density at radius 1 is 1.10 bits per heavy atom. The molecule has 3 heteroatoms. The molecule has 0 amide bonds. The van der Waals surface area contributed by atoms with Crippen molar-refractivity contribution < 1.29 is 4.74 Å². The first-order valence-corrected chi connectivity index (χ1v) is 8.24. The van der Waals surface area contributed by atoms with Gasteiger partial charge in [0.1, 0.15) is 5.75 Å². The van der Waals surface area contributed by atoms with E-state index in [2.05, 4.69) is 49.8 Å². The highest BCUT2D eigenvalue weighted by molar-refractivity contribution is 5.43. The number of nitrogens with zero attached hydrogens (tertiary/aromatic N) is 2. The summed E-state index contributed by atoms with van der Waals surface area (Å²) in [6, 6.07) is 4.51. The predicted octanol–water partition coefficient (Wildman–Crippen LogP) is 2.88. The van der Waals surface area contributed by atoms with Crippen molar-refractivity contribution in [1.29, 1.82) is 0 Å². The zero-order valence-corrected chi connectivity index (χ0v) is 14.1. The molecule has 0 spiro atoms. The molecule has 0 atom stereocenters. The van der Waals surface area contributed by atoms with Gasteiger partial charge >= 0.3 is 0 Å². The van der Waals surface area contributed by atoms with Crippen LogP contribution in [0.4, 0.5) is 0 Å². The number of ether oxygens (including phenoxy) is 1. The molecule has 0 aliphatic carbocycles. The van der Waals surface area contributed by atoms with Gasteiger partial charge in [0.05, 0.1) is 6.61 Å². The van der Waals surface area contributed by atoms with E-state index in [-0.39, 0.29) is 0 Å². The summed E-state index contributed by atoms with van der Waals surface area (Å²) in [4.78, 5) is 5.00. The van der Waals surface area contributed by atoms with Gasteiger partial charge in [0.2, 0.25) is 0 Å². The number of likely N-dealkylation sites (N-methyl/N-ethyl adjacent to an activating group) is 1. The number of piperazine rings is 1. The average Bonchev–Trinajstić information content (AvgIpc) is 2.44. The maximum Gasteiger partial charge on any atom is 0.125 e. The van der Waals surface area contributed by atoms with Gasteiger partial charge in [-0.15, -0.1) is 0 Å². The molecular weight excluding hydrogens is 260 g/mol. The van der Waals surface area contributed by atoms with Crippen molar-refractivity contribution in [3.05, 3.63) is 28.8 Å². The zero-order valence-electron chi connectivity index (χ0n) is 14.1. The van der Waals surface area contributed by atoms with E-state index in [1.165, 1.54) is 55.8 Å². The first-order valence-electron chi connectivity index (χ1n) is 8.24. The summed E-state index contributed by atoms with van der Waals surface area (Å²) in [5.41, 5.74) is 3.99. The molecule has 1 aromatic carbocycles. The summed E-state index contributed by atoms with van der Waals surface area (Å²) in [5.74, 6) is 1.11. The minimum Gasteiger partial charge on any atom is -0.493 e. The van der Waals surface area contributed by atoms with E-state index in [0.29, 0.717) is 0 Å². The predicted molar refractivity (Wildman–Crippen MR) is 89.3 cm³/mol. The fourth-order valence-corrected chi connectivity index (χ4v) is 3.14. The van der Waals surface area contributed by atoms with Crippen LogP contribution in [0.1, 0.15) is 30.0 Å². The number of hydrogen-bond acceptors (Lipinski definition) is 3. The molecule has 0 bridgehead atoms. The Bertz CT molecular complexity index is 451. The van der Waals surface area contributed by atoms with Crippen LogP contribution in [-0.4, -0.2) is 56.2 Å². The largest absolute Gasteiger partial charge is 0.493 e. The molecule has 0 saturated carbocycles. The molecule has 1 aromatic rings. The zero-order chi connectivity index (χ0) is 15.2. The molecule has 3 nitrogen and oxygen atoms in total. The topological polar surface area (TPSA) is 15.7 Å². The molecule has 0 N–H and O–H groups in total. The lowest BCUT2D eigenvalue weighted by molar-refractivity contribution is 0.153. The van der Waals surface area contributed by atoms with Crippen molar-refractivity contribution in [1.82, 2.24) is 9.80 Å². The van der Waals surface area contributed by atoms with E-state index in [1.807, 2.05) is 0 Å². The maximum absolute atomic E-state index is 5.86. The van der Waals surface area contributed by atoms with E-state index in [4.69, 9.17) is 4.74 Å². The van der Waals surface area contributed by atoms with Gasteiger partial charge in [0, 0.05) is 26.2 Å². The summed E-state index contributed by atoms with van der Waals surface area (Å²) in [5, 5.41) is 0. The van der Waals surface area contributed by atoms with Crippen LogP contribution in [0.15, 0.2) is 12.1 Å². The monoisotopic (exact) mass is 290 g/mol. The maximum atomic E-state index is 5.86. The van der Waals surface area contributed by atoms with Gasteiger partial charge in [-0.2, -0.15) is 0 Å². The van der Waals surface area contributed by atoms with Gasteiger partial charge < -0.3 is 14.5 Å². The van der Waals surface area contributed by atoms with Crippen LogP contribution in [0, 0.1) is 13.8 Å². The third-order valence-corrected chi connectivity index (χ3v) is 4.30. The molecule has 0 aromatic heterocycles. The van der Waals surface area contributed by atoms with Crippen LogP contribution in [0.3, 0.4) is 0 Å². The second-order valence-electron chi connectivity index (χ2n) is 6.25. The second-order valence-corrected chi connectivity index (χ2v) is 6.25. The first-order chi connectivity index (χ1) is 10.1. The molecule has 1 aliphatic rings. The Morgan fingerprint density at radius 2 is 1.81 bits per heavy atom. The van der Waals surface area contributed by atoms with Crippen LogP contribution in [-0.2, 0) is 6.42 Å². The molecule has 0 unspecified atom stereocenters. The molecule has 2 rings (SSSR count). The van der Waals surface area contributed by atoms with Crippen molar-refractivity contribution >= 4 is 0 Å². The smallest absolute Gasteiger partial charge is 0.125 e. The van der Waals surface area contributed by atoms with E-state index in [9.17, 15) is 0 Å². The van der Waals surface area contributed by atoms with Gasteiger partial charge in [-0.05, 0) is 58.3 Å². The Morgan fingerprint density at radius 3 is 2.48 bits per heavy atom. The molecule has 118 valence electrons. The fourth-order valence-electron chi connectivity index (χ4n) is 3.14. The molecule has 1 fully saturated rings. The standard InChI is InChI=1S/C18H30N2O/c1-5-21-18-16(3)13-15(2)14-17(18)7-6-8-20-11-9-19(4)10-12-20/h13-14H,5-12H2,1-4H3. The minimum atomic E-state index is 0.745. The van der Waals surface area contributed by atoms with E-state index in [0.717, 1.165) is 18.8 Å². The second kappa shape index (κ2) is 7.81. The molecule has 1 heterocycles. The van der Waals surface area contributed by atoms with E-state index in [1.54, 1.807) is 0 Å². The van der Waals surface area contributed by atoms with Crippen LogP contribution >= 0.6 is 0 Å². The van der Waals surface area contributed by atoms with Crippen LogP contribution in [0.2, 0.25) is 0 Å². The van der Waals surface area contributed by atoms with Crippen molar-refractivity contribution in [2.75, 3.05) is 46.4 Å². The summed E-state index contributed by atoms with van der Waals surface area (Å²) in [7, 11) is 2.21. The lowest BCUT2D eigenvalue weighted by Crippen LogP contribution is -2.44. The third kappa shape index (κ3) is 4.72. The van der Waals surface area contributed by atoms with Crippen molar-refractivity contribution in [2.24, 2.45) is 0 Å². The highest BCUT2D eigenvalue weighted by Crippen LogP contribution is 2.26. The molecule has 1 saturated heterocycles. The number of hydrogen-bond donors (Lipinski definition) is 0. The molecular formula is C18H30N2O. The number of aryl methyl sites for hydroxylation is 3. The molecule has 21 heavy (non-hydrogen) atoms. The minimum absolute atomic E-state index is 0.745. The quantitative estimate of drug-likeness (QED) is 0.801. The summed E-state index contributed by atoms with van der Waals surface area (Å²) in [6.45, 7) is 13.2. The van der Waals surface area contributed by atoms with Gasteiger partial charge in [0.25, 0.3) is 0 Å².